The van der Waals surface area contributed by atoms with Crippen LogP contribution in [-0.2, 0) is 9.53 Å². The molecule has 1 aliphatic heterocycles. The molecule has 11 heteroatoms. The first-order chi connectivity index (χ1) is 13.5. The summed E-state index contributed by atoms with van der Waals surface area (Å²) in [4.78, 5) is 25.3. The molecule has 1 aliphatic rings. The van der Waals surface area contributed by atoms with Gasteiger partial charge in [0, 0.05) is 13.6 Å². The van der Waals surface area contributed by atoms with Crippen molar-refractivity contribution in [3.8, 4) is 11.6 Å². The minimum Gasteiger partial charge on any atom is -0.461 e. The predicted molar refractivity (Wildman–Crippen MR) is 97.2 cm³/mol. The fourth-order valence-corrected chi connectivity index (χ4v) is 3.17. The highest BCUT2D eigenvalue weighted by Crippen LogP contribution is 2.33. The molecular weight excluding hydrogens is 368 g/mol. The Morgan fingerprint density at radius 2 is 2.14 bits per heavy atom. The van der Waals surface area contributed by atoms with E-state index in [9.17, 15) is 15.0 Å². The van der Waals surface area contributed by atoms with E-state index in [1.54, 1.807) is 26.1 Å². The highest BCUT2D eigenvalue weighted by atomic mass is 16.6. The van der Waals surface area contributed by atoms with Crippen molar-refractivity contribution in [2.24, 2.45) is 0 Å². The van der Waals surface area contributed by atoms with Crippen molar-refractivity contribution in [3.63, 3.8) is 0 Å². The molecule has 1 amide bonds. The Kier molecular flexibility index (Phi) is 4.71. The van der Waals surface area contributed by atoms with Crippen LogP contribution in [-0.4, -0.2) is 67.5 Å². The first-order valence-electron chi connectivity index (χ1n) is 8.80. The van der Waals surface area contributed by atoms with E-state index >= 15 is 0 Å². The number of imidazole rings is 1. The number of aromatic nitrogens is 4. The van der Waals surface area contributed by atoms with Gasteiger partial charge in [0.2, 0.25) is 0 Å². The molecule has 4 rings (SSSR count). The third-order valence-electron chi connectivity index (χ3n) is 4.52. The lowest BCUT2D eigenvalue weighted by molar-refractivity contribution is -0.137. The summed E-state index contributed by atoms with van der Waals surface area (Å²) >= 11 is 0. The molecule has 3 aromatic rings. The van der Waals surface area contributed by atoms with E-state index in [1.807, 2.05) is 0 Å². The van der Waals surface area contributed by atoms with Gasteiger partial charge in [-0.3, -0.25) is 9.36 Å². The molecule has 1 saturated heterocycles. The number of anilines is 1. The zero-order chi connectivity index (χ0) is 19.8. The van der Waals surface area contributed by atoms with Crippen molar-refractivity contribution in [1.29, 1.82) is 0 Å². The number of furan rings is 1. The zero-order valence-corrected chi connectivity index (χ0v) is 15.2. The Morgan fingerprint density at radius 3 is 2.82 bits per heavy atom. The highest BCUT2D eigenvalue weighted by Gasteiger charge is 2.47. The third kappa shape index (κ3) is 2.89. The maximum atomic E-state index is 12.1. The van der Waals surface area contributed by atoms with Crippen molar-refractivity contribution in [3.05, 3.63) is 24.7 Å². The molecule has 4 N–H and O–H groups in total. The van der Waals surface area contributed by atoms with Gasteiger partial charge in [0.25, 0.3) is 5.91 Å². The number of likely N-dealkylation sites (N-methyl/N-ethyl adjacent to an activating group) is 1. The number of ether oxygens (including phenoxy) is 1. The molecule has 11 nitrogen and oxygen atoms in total. The molecule has 28 heavy (non-hydrogen) atoms. The van der Waals surface area contributed by atoms with Gasteiger partial charge in [0.05, 0.1) is 12.6 Å². The van der Waals surface area contributed by atoms with E-state index in [0.29, 0.717) is 35.1 Å². The Morgan fingerprint density at radius 1 is 1.32 bits per heavy atom. The normalized spacial score (nSPS) is 24.6. The second kappa shape index (κ2) is 7.19. The molecule has 148 valence electrons. The number of aliphatic hydroxyl groups is 2. The number of nitrogens with zero attached hydrogens (tertiary/aromatic N) is 4. The molecule has 0 aromatic carbocycles. The molecule has 4 atom stereocenters. The lowest BCUT2D eigenvalue weighted by Crippen LogP contribution is -2.42. The Balaban J connectivity index is 1.77. The van der Waals surface area contributed by atoms with Crippen LogP contribution in [0.3, 0.4) is 0 Å². The van der Waals surface area contributed by atoms with Gasteiger partial charge in [0.1, 0.15) is 12.2 Å². The second-order valence-electron chi connectivity index (χ2n) is 6.27. The lowest BCUT2D eigenvalue weighted by Gasteiger charge is -2.16. The topological polar surface area (TPSA) is 148 Å². The summed E-state index contributed by atoms with van der Waals surface area (Å²) in [5.74, 6) is 0.738. The van der Waals surface area contributed by atoms with E-state index < -0.39 is 30.4 Å². The number of fused-ring (bicyclic) bond motifs is 1. The van der Waals surface area contributed by atoms with Crippen LogP contribution in [0.4, 0.5) is 5.82 Å². The SMILES string of the molecule is CCNC(=O)C1OC(n2cnc3c(NC)nc(-c4ccco4)nc32)C(O)C1O. The average Bonchev–Trinajstić information content (AvgIpc) is 3.42. The predicted octanol–water partition coefficient (Wildman–Crippen LogP) is -0.117. The number of aliphatic hydroxyl groups excluding tert-OH is 2. The summed E-state index contributed by atoms with van der Waals surface area (Å²) in [5, 5.41) is 26.3. The monoisotopic (exact) mass is 388 g/mol. The van der Waals surface area contributed by atoms with Crippen LogP contribution in [0.5, 0.6) is 0 Å². The second-order valence-corrected chi connectivity index (χ2v) is 6.27. The van der Waals surface area contributed by atoms with E-state index in [1.165, 1.54) is 17.2 Å². The first-order valence-corrected chi connectivity index (χ1v) is 8.80. The molecule has 3 aromatic heterocycles. The van der Waals surface area contributed by atoms with Gasteiger partial charge in [-0.25, -0.2) is 15.0 Å². The average molecular weight is 388 g/mol. The number of hydrogen-bond donors (Lipinski definition) is 4. The van der Waals surface area contributed by atoms with Crippen LogP contribution >= 0.6 is 0 Å². The van der Waals surface area contributed by atoms with Gasteiger partial charge in [-0.2, -0.15) is 0 Å². The molecular formula is C17H20N6O5. The van der Waals surface area contributed by atoms with Crippen LogP contribution in [0.1, 0.15) is 13.2 Å². The summed E-state index contributed by atoms with van der Waals surface area (Å²) in [5.41, 5.74) is 0.808. The van der Waals surface area contributed by atoms with Crippen LogP contribution < -0.4 is 10.6 Å². The van der Waals surface area contributed by atoms with Crippen LogP contribution in [0, 0.1) is 0 Å². The van der Waals surface area contributed by atoms with Gasteiger partial charge in [-0.05, 0) is 19.1 Å². The van der Waals surface area contributed by atoms with Crippen LogP contribution in [0.15, 0.2) is 29.1 Å². The molecule has 0 bridgehead atoms. The standard InChI is InChI=1S/C17H20N6O5/c1-3-19-16(26)12-10(24)11(25)17(28-12)23-7-20-9-14(18-2)21-13(22-15(9)23)8-5-4-6-27-8/h4-7,10-12,17,24-25H,3H2,1-2H3,(H,19,26)(H,18,21,22). The largest absolute Gasteiger partial charge is 0.461 e. The molecule has 1 fully saturated rings. The van der Waals surface area contributed by atoms with Crippen molar-refractivity contribution in [2.45, 2.75) is 31.5 Å². The zero-order valence-electron chi connectivity index (χ0n) is 15.2. The molecule has 0 spiro atoms. The van der Waals surface area contributed by atoms with E-state index in [4.69, 9.17) is 9.15 Å². The molecule has 4 heterocycles. The summed E-state index contributed by atoms with van der Waals surface area (Å²) in [6.07, 6.45) is -2.04. The molecule has 0 radical (unpaired) electrons. The Bertz CT molecular complexity index is 988. The van der Waals surface area contributed by atoms with Crippen molar-refractivity contribution in [2.75, 3.05) is 18.9 Å². The number of nitrogens with one attached hydrogen (secondary N) is 2. The maximum Gasteiger partial charge on any atom is 0.252 e. The van der Waals surface area contributed by atoms with Gasteiger partial charge in [-0.1, -0.05) is 0 Å². The number of carbonyl (C=O) groups excluding carboxylic acids is 1. The minimum absolute atomic E-state index is 0.317. The van der Waals surface area contributed by atoms with Gasteiger partial charge in [-0.15, -0.1) is 0 Å². The fraction of sp³-hybridized carbons (Fsp3) is 0.412. The maximum absolute atomic E-state index is 12.1. The smallest absolute Gasteiger partial charge is 0.252 e. The van der Waals surface area contributed by atoms with E-state index in [-0.39, 0.29) is 0 Å². The van der Waals surface area contributed by atoms with E-state index in [0.717, 1.165) is 0 Å². The molecule has 4 unspecified atom stereocenters. The third-order valence-corrected chi connectivity index (χ3v) is 4.52. The van der Waals surface area contributed by atoms with Gasteiger partial charge in [0.15, 0.2) is 40.9 Å². The highest BCUT2D eigenvalue weighted by molar-refractivity contribution is 5.85. The number of hydrogen-bond acceptors (Lipinski definition) is 9. The summed E-state index contributed by atoms with van der Waals surface area (Å²) < 4.78 is 12.5. The summed E-state index contributed by atoms with van der Waals surface area (Å²) in [6, 6.07) is 3.44. The minimum atomic E-state index is -1.39. The number of rotatable bonds is 5. The first kappa shape index (κ1) is 18.3. The Labute approximate surface area is 159 Å². The van der Waals surface area contributed by atoms with Crippen molar-refractivity contribution in [1.82, 2.24) is 24.8 Å². The fourth-order valence-electron chi connectivity index (χ4n) is 3.17. The molecule has 0 saturated carbocycles. The van der Waals surface area contributed by atoms with Crippen molar-refractivity contribution >= 4 is 22.9 Å². The number of amides is 1. The lowest BCUT2D eigenvalue weighted by atomic mass is 10.1. The van der Waals surface area contributed by atoms with Crippen LogP contribution in [0.2, 0.25) is 0 Å². The number of carbonyl (C=O) groups is 1. The quantitative estimate of drug-likeness (QED) is 0.469. The summed E-state index contributed by atoms with van der Waals surface area (Å²) in [7, 11) is 1.70. The van der Waals surface area contributed by atoms with Gasteiger partial charge >= 0.3 is 0 Å². The summed E-state index contributed by atoms with van der Waals surface area (Å²) in [6.45, 7) is 2.13. The van der Waals surface area contributed by atoms with Crippen LogP contribution in [0.25, 0.3) is 22.7 Å². The van der Waals surface area contributed by atoms with Crippen molar-refractivity contribution < 1.29 is 24.2 Å². The molecule has 0 aliphatic carbocycles. The Hall–Kier alpha value is -3.02. The van der Waals surface area contributed by atoms with Gasteiger partial charge < -0.3 is 30.0 Å². The van der Waals surface area contributed by atoms with E-state index in [2.05, 4.69) is 25.6 Å².